The van der Waals surface area contributed by atoms with Gasteiger partial charge in [-0.3, -0.25) is 0 Å². The van der Waals surface area contributed by atoms with Crippen LogP contribution >= 0.6 is 0 Å². The second-order valence-corrected chi connectivity index (χ2v) is 4.03. The van der Waals surface area contributed by atoms with Gasteiger partial charge in [-0.15, -0.1) is 13.2 Å². The Balaban J connectivity index is 2.58. The van der Waals surface area contributed by atoms with Crippen LogP contribution in [0.3, 0.4) is 0 Å². The van der Waals surface area contributed by atoms with Crippen LogP contribution in [0.2, 0.25) is 0 Å². The van der Waals surface area contributed by atoms with Crippen molar-refractivity contribution in [1.82, 2.24) is 0 Å². The zero-order valence-corrected chi connectivity index (χ0v) is 8.59. The summed E-state index contributed by atoms with van der Waals surface area (Å²) >= 11 is 0. The van der Waals surface area contributed by atoms with Gasteiger partial charge in [0.15, 0.2) is 0 Å². The Bertz CT molecular complexity index is 174. The first-order valence-electron chi connectivity index (χ1n) is 5.10. The fourth-order valence-electron chi connectivity index (χ4n) is 2.14. The summed E-state index contributed by atoms with van der Waals surface area (Å²) in [5, 5.41) is 0. The van der Waals surface area contributed by atoms with E-state index in [1.807, 2.05) is 12.2 Å². The molecule has 0 spiro atoms. The maximum absolute atomic E-state index is 5.73. The highest BCUT2D eigenvalue weighted by Crippen LogP contribution is 2.40. The van der Waals surface area contributed by atoms with Crippen molar-refractivity contribution in [2.24, 2.45) is 5.41 Å². The van der Waals surface area contributed by atoms with Gasteiger partial charge in [-0.2, -0.15) is 0 Å². The van der Waals surface area contributed by atoms with Crippen molar-refractivity contribution < 1.29 is 4.74 Å². The molecule has 0 amide bonds. The predicted octanol–water partition coefficient (Wildman–Crippen LogP) is 3.32. The third-order valence-electron chi connectivity index (χ3n) is 2.90. The van der Waals surface area contributed by atoms with Crippen LogP contribution in [0.5, 0.6) is 0 Å². The molecule has 0 aliphatic carbocycles. The molecule has 0 aromatic rings. The lowest BCUT2D eigenvalue weighted by molar-refractivity contribution is 0.0930. The summed E-state index contributed by atoms with van der Waals surface area (Å²) in [6, 6.07) is 0. The molecule has 0 saturated carbocycles. The van der Waals surface area contributed by atoms with Crippen LogP contribution in [0.15, 0.2) is 25.3 Å². The Morgan fingerprint density at radius 1 is 1.38 bits per heavy atom. The van der Waals surface area contributed by atoms with Crippen molar-refractivity contribution >= 4 is 0 Å². The van der Waals surface area contributed by atoms with Gasteiger partial charge in [0.25, 0.3) is 0 Å². The fraction of sp³-hybridized carbons (Fsp3) is 0.667. The molecule has 1 heterocycles. The average molecular weight is 180 g/mol. The predicted molar refractivity (Wildman–Crippen MR) is 56.7 cm³/mol. The van der Waals surface area contributed by atoms with Crippen molar-refractivity contribution in [3.63, 3.8) is 0 Å². The van der Waals surface area contributed by atoms with E-state index in [2.05, 4.69) is 20.1 Å². The molecule has 1 aliphatic rings. The van der Waals surface area contributed by atoms with Crippen molar-refractivity contribution in [1.29, 1.82) is 0 Å². The first-order chi connectivity index (χ1) is 6.26. The summed E-state index contributed by atoms with van der Waals surface area (Å²) < 4.78 is 5.73. The fourth-order valence-corrected chi connectivity index (χ4v) is 2.14. The molecule has 1 unspecified atom stereocenters. The van der Waals surface area contributed by atoms with Crippen LogP contribution in [0, 0.1) is 5.41 Å². The summed E-state index contributed by atoms with van der Waals surface area (Å²) in [5.74, 6) is 0. The number of ether oxygens (including phenoxy) is 1. The van der Waals surface area contributed by atoms with E-state index in [9.17, 15) is 0 Å². The van der Waals surface area contributed by atoms with Crippen molar-refractivity contribution in [2.75, 3.05) is 6.61 Å². The van der Waals surface area contributed by atoms with Gasteiger partial charge in [-0.1, -0.05) is 19.1 Å². The van der Waals surface area contributed by atoms with Gasteiger partial charge in [-0.05, 0) is 25.7 Å². The summed E-state index contributed by atoms with van der Waals surface area (Å²) in [5.41, 5.74) is 0.310. The second kappa shape index (κ2) is 4.61. The molecule has 0 N–H and O–H groups in total. The monoisotopic (exact) mass is 180 g/mol. The van der Waals surface area contributed by atoms with Crippen LogP contribution in [-0.4, -0.2) is 12.7 Å². The van der Waals surface area contributed by atoms with Gasteiger partial charge in [-0.25, -0.2) is 0 Å². The number of allylic oxidation sites excluding steroid dienone is 2. The minimum atomic E-state index is 0.310. The Morgan fingerprint density at radius 3 is 2.38 bits per heavy atom. The van der Waals surface area contributed by atoms with Gasteiger partial charge < -0.3 is 4.74 Å². The van der Waals surface area contributed by atoms with E-state index in [4.69, 9.17) is 4.74 Å². The van der Waals surface area contributed by atoms with E-state index in [-0.39, 0.29) is 0 Å². The highest BCUT2D eigenvalue weighted by Gasteiger charge is 2.37. The molecule has 0 aromatic carbocycles. The molecule has 0 aromatic heterocycles. The lowest BCUT2D eigenvalue weighted by Crippen LogP contribution is -2.19. The Kier molecular flexibility index (Phi) is 3.73. The minimum Gasteiger partial charge on any atom is -0.378 e. The molecule has 1 fully saturated rings. The van der Waals surface area contributed by atoms with Crippen molar-refractivity contribution in [2.45, 2.75) is 38.7 Å². The summed E-state index contributed by atoms with van der Waals surface area (Å²) in [6.07, 6.45) is 8.86. The molecule has 1 rings (SSSR count). The highest BCUT2D eigenvalue weighted by atomic mass is 16.5. The lowest BCUT2D eigenvalue weighted by Gasteiger charge is -2.24. The van der Waals surface area contributed by atoms with E-state index in [0.717, 1.165) is 25.9 Å². The molecule has 1 aliphatic heterocycles. The summed E-state index contributed by atoms with van der Waals surface area (Å²) in [6.45, 7) is 10.7. The Morgan fingerprint density at radius 2 is 2.00 bits per heavy atom. The molecule has 0 bridgehead atoms. The molecule has 13 heavy (non-hydrogen) atoms. The SMILES string of the molecule is C=CCC1(CC=C)COC(CC)C1. The third kappa shape index (κ3) is 2.44. The molecule has 74 valence electrons. The van der Waals surface area contributed by atoms with Crippen LogP contribution in [0.25, 0.3) is 0 Å². The van der Waals surface area contributed by atoms with Crippen LogP contribution in [0.4, 0.5) is 0 Å². The minimum absolute atomic E-state index is 0.310. The second-order valence-electron chi connectivity index (χ2n) is 4.03. The molecule has 0 radical (unpaired) electrons. The van der Waals surface area contributed by atoms with E-state index in [1.165, 1.54) is 6.42 Å². The normalized spacial score (nSPS) is 25.8. The molecule has 1 atom stereocenters. The zero-order chi connectivity index (χ0) is 9.73. The zero-order valence-electron chi connectivity index (χ0n) is 8.59. The van der Waals surface area contributed by atoms with Gasteiger partial charge in [0.2, 0.25) is 0 Å². The number of hydrogen-bond donors (Lipinski definition) is 0. The van der Waals surface area contributed by atoms with Crippen LogP contribution in [0.1, 0.15) is 32.6 Å². The Labute approximate surface area is 81.5 Å². The molecular weight excluding hydrogens is 160 g/mol. The number of hydrogen-bond acceptors (Lipinski definition) is 1. The van der Waals surface area contributed by atoms with E-state index in [1.54, 1.807) is 0 Å². The Hall–Kier alpha value is -0.560. The van der Waals surface area contributed by atoms with E-state index >= 15 is 0 Å². The van der Waals surface area contributed by atoms with Gasteiger partial charge in [0, 0.05) is 5.41 Å². The smallest absolute Gasteiger partial charge is 0.0579 e. The van der Waals surface area contributed by atoms with Gasteiger partial charge >= 0.3 is 0 Å². The number of rotatable bonds is 5. The summed E-state index contributed by atoms with van der Waals surface area (Å²) in [7, 11) is 0. The van der Waals surface area contributed by atoms with Crippen molar-refractivity contribution in [3.05, 3.63) is 25.3 Å². The lowest BCUT2D eigenvalue weighted by atomic mass is 9.79. The molecule has 1 saturated heterocycles. The van der Waals surface area contributed by atoms with Crippen LogP contribution < -0.4 is 0 Å². The maximum atomic E-state index is 5.73. The highest BCUT2D eigenvalue weighted by molar-refractivity contribution is 4.96. The molecule has 1 nitrogen and oxygen atoms in total. The van der Waals surface area contributed by atoms with Crippen LogP contribution in [-0.2, 0) is 4.74 Å². The van der Waals surface area contributed by atoms with Gasteiger partial charge in [0.05, 0.1) is 12.7 Å². The third-order valence-corrected chi connectivity index (χ3v) is 2.90. The standard InChI is InChI=1S/C12H20O/c1-4-7-12(8-5-2)9-11(6-3)13-10-12/h4-5,11H,1-2,6-10H2,3H3. The largest absolute Gasteiger partial charge is 0.378 e. The maximum Gasteiger partial charge on any atom is 0.0579 e. The summed E-state index contributed by atoms with van der Waals surface area (Å²) in [4.78, 5) is 0. The molecule has 1 heteroatoms. The van der Waals surface area contributed by atoms with E-state index in [0.29, 0.717) is 11.5 Å². The quantitative estimate of drug-likeness (QED) is 0.590. The first kappa shape index (κ1) is 10.5. The first-order valence-corrected chi connectivity index (χ1v) is 5.10. The van der Waals surface area contributed by atoms with Crippen molar-refractivity contribution in [3.8, 4) is 0 Å². The van der Waals surface area contributed by atoms with Gasteiger partial charge in [0.1, 0.15) is 0 Å². The average Bonchev–Trinajstić information content (AvgIpc) is 2.50. The van der Waals surface area contributed by atoms with E-state index < -0.39 is 0 Å². The topological polar surface area (TPSA) is 9.23 Å². The molecular formula is C12H20O.